The number of hydrogen-bond donors (Lipinski definition) is 2. The normalized spacial score (nSPS) is 10.2. The second-order valence-corrected chi connectivity index (χ2v) is 4.35. The van der Waals surface area contributed by atoms with E-state index >= 15 is 0 Å². The monoisotopic (exact) mass is 275 g/mol. The van der Waals surface area contributed by atoms with Gasteiger partial charge in [-0.3, -0.25) is 10.1 Å². The Hall–Kier alpha value is -2.63. The van der Waals surface area contributed by atoms with Gasteiger partial charge in [-0.1, -0.05) is 6.07 Å². The van der Waals surface area contributed by atoms with Gasteiger partial charge in [0.15, 0.2) is 0 Å². The van der Waals surface area contributed by atoms with Crippen LogP contribution < -0.4 is 10.6 Å². The first-order valence-corrected chi connectivity index (χ1v) is 6.00. The first-order valence-electron chi connectivity index (χ1n) is 6.00. The van der Waals surface area contributed by atoms with Gasteiger partial charge in [-0.2, -0.15) is 0 Å². The molecule has 0 amide bonds. The van der Waals surface area contributed by atoms with Crippen LogP contribution in [0.15, 0.2) is 36.4 Å². The van der Waals surface area contributed by atoms with Crippen LogP contribution in [-0.4, -0.2) is 12.0 Å². The fourth-order valence-corrected chi connectivity index (χ4v) is 2.01. The quantitative estimate of drug-likeness (QED) is 0.657. The zero-order valence-electron chi connectivity index (χ0n) is 11.1. The highest BCUT2D eigenvalue weighted by atomic mass is 19.1. The predicted octanol–water partition coefficient (Wildman–Crippen LogP) is 3.83. The van der Waals surface area contributed by atoms with E-state index in [0.29, 0.717) is 17.1 Å². The summed E-state index contributed by atoms with van der Waals surface area (Å²) in [6, 6.07) is 9.29. The molecule has 2 aromatic rings. The number of rotatable bonds is 4. The topological polar surface area (TPSA) is 67.2 Å². The van der Waals surface area contributed by atoms with Crippen LogP contribution in [0.25, 0.3) is 0 Å². The number of anilines is 3. The Labute approximate surface area is 115 Å². The molecule has 5 nitrogen and oxygen atoms in total. The molecule has 0 aromatic heterocycles. The van der Waals surface area contributed by atoms with Gasteiger partial charge in [0.25, 0.3) is 0 Å². The maximum atomic E-state index is 13.3. The molecule has 20 heavy (non-hydrogen) atoms. The zero-order chi connectivity index (χ0) is 14.7. The van der Waals surface area contributed by atoms with Crippen LogP contribution in [0.2, 0.25) is 0 Å². The lowest BCUT2D eigenvalue weighted by Gasteiger charge is -2.10. The second kappa shape index (κ2) is 5.56. The molecule has 0 aliphatic heterocycles. The Kier molecular flexibility index (Phi) is 3.84. The first-order chi connectivity index (χ1) is 9.51. The van der Waals surface area contributed by atoms with Crippen LogP contribution in [0.1, 0.15) is 5.56 Å². The summed E-state index contributed by atoms with van der Waals surface area (Å²) in [5.74, 6) is -0.389. The minimum Gasteiger partial charge on any atom is -0.382 e. The molecule has 104 valence electrons. The lowest BCUT2D eigenvalue weighted by atomic mass is 10.2. The predicted molar refractivity (Wildman–Crippen MR) is 77.1 cm³/mol. The molecule has 0 heterocycles. The van der Waals surface area contributed by atoms with Crippen LogP contribution >= 0.6 is 0 Å². The van der Waals surface area contributed by atoms with E-state index in [4.69, 9.17) is 0 Å². The Bertz CT molecular complexity index is 639. The molecule has 6 heteroatoms. The number of halogens is 1. The number of benzene rings is 2. The van der Waals surface area contributed by atoms with Crippen molar-refractivity contribution < 1.29 is 9.31 Å². The standard InChI is InChI=1S/C14H14FN3O2/c1-9-6-10(15)8-11(7-9)17-13-5-3-4-12(16-2)14(13)18(19)20/h3-8,16-17H,1-2H3. The van der Waals surface area contributed by atoms with Crippen molar-refractivity contribution >= 4 is 22.7 Å². The van der Waals surface area contributed by atoms with Gasteiger partial charge in [-0.15, -0.1) is 0 Å². The van der Waals surface area contributed by atoms with Gasteiger partial charge in [-0.05, 0) is 42.8 Å². The van der Waals surface area contributed by atoms with E-state index in [1.807, 2.05) is 0 Å². The maximum absolute atomic E-state index is 13.3. The fraction of sp³-hybridized carbons (Fsp3) is 0.143. The summed E-state index contributed by atoms with van der Waals surface area (Å²) in [7, 11) is 1.61. The average molecular weight is 275 g/mol. The summed E-state index contributed by atoms with van der Waals surface area (Å²) in [5.41, 5.74) is 1.84. The van der Waals surface area contributed by atoms with E-state index in [-0.39, 0.29) is 11.5 Å². The van der Waals surface area contributed by atoms with E-state index in [2.05, 4.69) is 10.6 Å². The molecule has 2 rings (SSSR count). The van der Waals surface area contributed by atoms with Crippen LogP contribution in [0.4, 0.5) is 27.1 Å². The van der Waals surface area contributed by atoms with Crippen LogP contribution in [0, 0.1) is 22.9 Å². The summed E-state index contributed by atoms with van der Waals surface area (Å²) >= 11 is 0. The molecule has 0 unspecified atom stereocenters. The molecule has 0 saturated carbocycles. The van der Waals surface area contributed by atoms with Crippen molar-refractivity contribution in [3.8, 4) is 0 Å². The van der Waals surface area contributed by atoms with E-state index in [1.54, 1.807) is 38.2 Å². The summed E-state index contributed by atoms with van der Waals surface area (Å²) in [5, 5.41) is 16.8. The Balaban J connectivity index is 2.45. The lowest BCUT2D eigenvalue weighted by molar-refractivity contribution is -0.383. The second-order valence-electron chi connectivity index (χ2n) is 4.35. The van der Waals surface area contributed by atoms with Gasteiger partial charge >= 0.3 is 5.69 Å². The van der Waals surface area contributed by atoms with Crippen molar-refractivity contribution in [2.24, 2.45) is 0 Å². The number of nitrogens with zero attached hydrogens (tertiary/aromatic N) is 1. The number of hydrogen-bond acceptors (Lipinski definition) is 4. The highest BCUT2D eigenvalue weighted by molar-refractivity contribution is 5.79. The SMILES string of the molecule is CNc1cccc(Nc2cc(C)cc(F)c2)c1[N+](=O)[O-]. The zero-order valence-corrected chi connectivity index (χ0v) is 11.1. The fourth-order valence-electron chi connectivity index (χ4n) is 2.01. The number of nitrogens with one attached hydrogen (secondary N) is 2. The van der Waals surface area contributed by atoms with Crippen LogP contribution in [-0.2, 0) is 0 Å². The average Bonchev–Trinajstić information content (AvgIpc) is 2.36. The van der Waals surface area contributed by atoms with Crippen LogP contribution in [0.5, 0.6) is 0 Å². The summed E-state index contributed by atoms with van der Waals surface area (Å²) in [6.45, 7) is 1.76. The van der Waals surface area contributed by atoms with Crippen molar-refractivity contribution in [2.45, 2.75) is 6.92 Å². The third-order valence-corrected chi connectivity index (χ3v) is 2.81. The molecule has 0 atom stereocenters. The summed E-state index contributed by atoms with van der Waals surface area (Å²) < 4.78 is 13.3. The van der Waals surface area contributed by atoms with Crippen molar-refractivity contribution in [3.05, 3.63) is 57.9 Å². The highest BCUT2D eigenvalue weighted by Crippen LogP contribution is 2.34. The smallest absolute Gasteiger partial charge is 0.315 e. The van der Waals surface area contributed by atoms with Crippen molar-refractivity contribution in [2.75, 3.05) is 17.7 Å². The Morgan fingerprint density at radius 1 is 1.20 bits per heavy atom. The lowest BCUT2D eigenvalue weighted by Crippen LogP contribution is -2.01. The summed E-state index contributed by atoms with van der Waals surface area (Å²) in [4.78, 5) is 10.7. The maximum Gasteiger partial charge on any atom is 0.315 e. The number of aryl methyl sites for hydroxylation is 1. The molecule has 2 aromatic carbocycles. The number of nitro groups is 1. The molecule has 0 bridgehead atoms. The van der Waals surface area contributed by atoms with E-state index in [0.717, 1.165) is 5.56 Å². The highest BCUT2D eigenvalue weighted by Gasteiger charge is 2.19. The minimum absolute atomic E-state index is 0.0723. The van der Waals surface area contributed by atoms with Crippen molar-refractivity contribution in [3.63, 3.8) is 0 Å². The van der Waals surface area contributed by atoms with E-state index in [1.165, 1.54) is 12.1 Å². The number of nitro benzene ring substituents is 1. The molecule has 0 saturated heterocycles. The van der Waals surface area contributed by atoms with Gasteiger partial charge in [0.2, 0.25) is 0 Å². The Morgan fingerprint density at radius 2 is 1.90 bits per heavy atom. The first kappa shape index (κ1) is 13.8. The van der Waals surface area contributed by atoms with E-state index in [9.17, 15) is 14.5 Å². The molecule has 0 fully saturated rings. The third kappa shape index (κ3) is 2.85. The molecule has 0 radical (unpaired) electrons. The largest absolute Gasteiger partial charge is 0.382 e. The Morgan fingerprint density at radius 3 is 2.50 bits per heavy atom. The molecular formula is C14H14FN3O2. The van der Waals surface area contributed by atoms with Gasteiger partial charge in [0.05, 0.1) is 4.92 Å². The van der Waals surface area contributed by atoms with Gasteiger partial charge in [0.1, 0.15) is 17.2 Å². The molecular weight excluding hydrogens is 261 g/mol. The van der Waals surface area contributed by atoms with Crippen molar-refractivity contribution in [1.29, 1.82) is 0 Å². The molecule has 2 N–H and O–H groups in total. The van der Waals surface area contributed by atoms with Gasteiger partial charge in [-0.25, -0.2) is 4.39 Å². The van der Waals surface area contributed by atoms with Gasteiger partial charge < -0.3 is 10.6 Å². The van der Waals surface area contributed by atoms with Gasteiger partial charge in [0, 0.05) is 12.7 Å². The number of para-hydroxylation sites is 1. The molecule has 0 aliphatic carbocycles. The molecule has 0 aliphatic rings. The van der Waals surface area contributed by atoms with E-state index < -0.39 is 4.92 Å². The van der Waals surface area contributed by atoms with Crippen LogP contribution in [0.3, 0.4) is 0 Å². The molecule has 0 spiro atoms. The minimum atomic E-state index is -0.472. The summed E-state index contributed by atoms with van der Waals surface area (Å²) in [6.07, 6.45) is 0. The van der Waals surface area contributed by atoms with Crippen molar-refractivity contribution in [1.82, 2.24) is 0 Å². The third-order valence-electron chi connectivity index (χ3n) is 2.81.